The normalized spacial score (nSPS) is 14.2. The fourth-order valence-electron chi connectivity index (χ4n) is 1.60. The molecule has 0 spiro atoms. The van der Waals surface area contributed by atoms with Crippen LogP contribution in [0.4, 0.5) is 0 Å². The number of nitrogens with two attached hydrogens (primary N) is 1. The smallest absolute Gasteiger partial charge is 0.124 e. The molecule has 1 aromatic carbocycles. The summed E-state index contributed by atoms with van der Waals surface area (Å²) < 4.78 is 5.53. The predicted octanol–water partition coefficient (Wildman–Crippen LogP) is 0.627. The highest BCUT2D eigenvalue weighted by Gasteiger charge is 2.13. The van der Waals surface area contributed by atoms with Crippen molar-refractivity contribution in [1.29, 1.82) is 0 Å². The van der Waals surface area contributed by atoms with E-state index in [-0.39, 0.29) is 0 Å². The molecule has 0 aromatic heterocycles. The van der Waals surface area contributed by atoms with Crippen molar-refractivity contribution in [3.63, 3.8) is 0 Å². The Morgan fingerprint density at radius 1 is 1.38 bits per heavy atom. The molecule has 0 atom stereocenters. The van der Waals surface area contributed by atoms with Crippen molar-refractivity contribution < 1.29 is 4.74 Å². The Morgan fingerprint density at radius 2 is 2.31 bits per heavy atom. The van der Waals surface area contributed by atoms with Crippen LogP contribution in [0.1, 0.15) is 11.1 Å². The molecule has 0 radical (unpaired) electrons. The Kier molecular flexibility index (Phi) is 2.47. The first-order chi connectivity index (χ1) is 6.42. The van der Waals surface area contributed by atoms with E-state index < -0.39 is 0 Å². The Bertz CT molecular complexity index is 299. The van der Waals surface area contributed by atoms with Crippen LogP contribution in [0.25, 0.3) is 0 Å². The van der Waals surface area contributed by atoms with Crippen LogP contribution < -0.4 is 15.8 Å². The van der Waals surface area contributed by atoms with Crippen molar-refractivity contribution in [2.75, 3.05) is 13.2 Å². The first kappa shape index (κ1) is 8.53. The summed E-state index contributed by atoms with van der Waals surface area (Å²) in [5.41, 5.74) is 8.01. The van der Waals surface area contributed by atoms with Crippen LogP contribution >= 0.6 is 0 Å². The highest BCUT2D eigenvalue weighted by molar-refractivity contribution is 5.42. The fraction of sp³-hybridized carbons (Fsp3) is 0.400. The number of hydrogen-bond donors (Lipinski definition) is 2. The second-order valence-electron chi connectivity index (χ2n) is 3.13. The Hall–Kier alpha value is -1.06. The molecule has 3 heteroatoms. The molecule has 0 amide bonds. The fourth-order valence-corrected chi connectivity index (χ4v) is 1.60. The van der Waals surface area contributed by atoms with Gasteiger partial charge in [-0.05, 0) is 11.6 Å². The zero-order chi connectivity index (χ0) is 9.10. The maximum absolute atomic E-state index is 5.53. The highest BCUT2D eigenvalue weighted by atomic mass is 16.5. The van der Waals surface area contributed by atoms with E-state index >= 15 is 0 Å². The van der Waals surface area contributed by atoms with Gasteiger partial charge in [0.25, 0.3) is 0 Å². The number of nitrogens with one attached hydrogen (secondary N) is 1. The highest BCUT2D eigenvalue weighted by Crippen LogP contribution is 2.25. The molecule has 70 valence electrons. The number of fused-ring (bicyclic) bond motifs is 1. The average molecular weight is 178 g/mol. The Balaban J connectivity index is 2.20. The number of hydrogen-bond acceptors (Lipinski definition) is 3. The van der Waals surface area contributed by atoms with Crippen molar-refractivity contribution >= 4 is 0 Å². The lowest BCUT2D eigenvalue weighted by molar-refractivity contribution is 0.325. The zero-order valence-electron chi connectivity index (χ0n) is 7.55. The molecule has 1 heterocycles. The molecule has 0 unspecified atom stereocenters. The lowest BCUT2D eigenvalue weighted by Crippen LogP contribution is -2.11. The molecule has 0 saturated heterocycles. The third-order valence-electron chi connectivity index (χ3n) is 2.22. The second-order valence-corrected chi connectivity index (χ2v) is 3.13. The minimum absolute atomic E-state index is 0.567. The van der Waals surface area contributed by atoms with E-state index in [4.69, 9.17) is 10.5 Å². The molecule has 2 rings (SSSR count). The van der Waals surface area contributed by atoms with Gasteiger partial charge in [-0.25, -0.2) is 0 Å². The van der Waals surface area contributed by atoms with E-state index in [0.29, 0.717) is 13.2 Å². The first-order valence-electron chi connectivity index (χ1n) is 4.56. The number of rotatable bonds is 3. The van der Waals surface area contributed by atoms with Gasteiger partial charge >= 0.3 is 0 Å². The van der Waals surface area contributed by atoms with Gasteiger partial charge < -0.3 is 15.8 Å². The average Bonchev–Trinajstić information content (AvgIpc) is 2.62. The van der Waals surface area contributed by atoms with Gasteiger partial charge in [-0.1, -0.05) is 12.1 Å². The van der Waals surface area contributed by atoms with Crippen LogP contribution in [-0.4, -0.2) is 13.2 Å². The van der Waals surface area contributed by atoms with E-state index in [1.165, 1.54) is 11.1 Å². The van der Waals surface area contributed by atoms with Gasteiger partial charge in [0.05, 0.1) is 0 Å². The van der Waals surface area contributed by atoms with Gasteiger partial charge in [0.15, 0.2) is 0 Å². The van der Waals surface area contributed by atoms with Crippen LogP contribution in [0.2, 0.25) is 0 Å². The SMILES string of the molecule is NCCOc1cccc2c1CNC2. The summed E-state index contributed by atoms with van der Waals surface area (Å²) in [5.74, 6) is 0.980. The van der Waals surface area contributed by atoms with Gasteiger partial charge in [-0.2, -0.15) is 0 Å². The standard InChI is InChI=1S/C10H14N2O/c11-4-5-13-10-3-1-2-8-6-12-7-9(8)10/h1-3,12H,4-7,11H2. The molecule has 3 nitrogen and oxygen atoms in total. The Morgan fingerprint density at radius 3 is 3.15 bits per heavy atom. The summed E-state index contributed by atoms with van der Waals surface area (Å²) in [6.45, 7) is 3.03. The molecule has 1 aromatic rings. The minimum Gasteiger partial charge on any atom is -0.492 e. The van der Waals surface area contributed by atoms with E-state index in [9.17, 15) is 0 Å². The van der Waals surface area contributed by atoms with Crippen LogP contribution in [-0.2, 0) is 13.1 Å². The summed E-state index contributed by atoms with van der Waals surface area (Å²) in [6, 6.07) is 6.16. The molecule has 3 N–H and O–H groups in total. The Labute approximate surface area is 77.9 Å². The first-order valence-corrected chi connectivity index (χ1v) is 4.56. The van der Waals surface area contributed by atoms with Gasteiger partial charge in [0.1, 0.15) is 12.4 Å². The third kappa shape index (κ3) is 1.66. The number of benzene rings is 1. The van der Waals surface area contributed by atoms with Crippen LogP contribution in [0, 0.1) is 0 Å². The zero-order valence-corrected chi connectivity index (χ0v) is 7.55. The lowest BCUT2D eigenvalue weighted by atomic mass is 10.1. The summed E-state index contributed by atoms with van der Waals surface area (Å²) in [5, 5.41) is 3.29. The van der Waals surface area contributed by atoms with Crippen molar-refractivity contribution in [3.05, 3.63) is 29.3 Å². The topological polar surface area (TPSA) is 47.3 Å². The van der Waals surface area contributed by atoms with Crippen molar-refractivity contribution in [1.82, 2.24) is 5.32 Å². The van der Waals surface area contributed by atoms with Crippen LogP contribution in [0.5, 0.6) is 5.75 Å². The van der Waals surface area contributed by atoms with Crippen molar-refractivity contribution in [2.24, 2.45) is 5.73 Å². The second kappa shape index (κ2) is 3.77. The lowest BCUT2D eigenvalue weighted by Gasteiger charge is -2.08. The van der Waals surface area contributed by atoms with E-state index in [1.807, 2.05) is 12.1 Å². The van der Waals surface area contributed by atoms with Gasteiger partial charge in [-0.3, -0.25) is 0 Å². The van der Waals surface area contributed by atoms with E-state index in [1.54, 1.807) is 0 Å². The maximum Gasteiger partial charge on any atom is 0.124 e. The number of ether oxygens (including phenoxy) is 1. The molecule has 0 fully saturated rings. The molecule has 0 saturated carbocycles. The minimum atomic E-state index is 0.567. The largest absolute Gasteiger partial charge is 0.492 e. The summed E-state index contributed by atoms with van der Waals surface area (Å²) in [6.07, 6.45) is 0. The van der Waals surface area contributed by atoms with Gasteiger partial charge in [0, 0.05) is 25.2 Å². The van der Waals surface area contributed by atoms with Gasteiger partial charge in [0.2, 0.25) is 0 Å². The quantitative estimate of drug-likeness (QED) is 0.713. The summed E-state index contributed by atoms with van der Waals surface area (Å²) in [7, 11) is 0. The third-order valence-corrected chi connectivity index (χ3v) is 2.22. The van der Waals surface area contributed by atoms with Crippen molar-refractivity contribution in [3.8, 4) is 5.75 Å². The molecule has 0 aliphatic carbocycles. The monoisotopic (exact) mass is 178 g/mol. The van der Waals surface area contributed by atoms with Crippen LogP contribution in [0.15, 0.2) is 18.2 Å². The van der Waals surface area contributed by atoms with E-state index in [0.717, 1.165) is 18.8 Å². The summed E-state index contributed by atoms with van der Waals surface area (Å²) in [4.78, 5) is 0. The molecular formula is C10H14N2O. The van der Waals surface area contributed by atoms with E-state index in [2.05, 4.69) is 11.4 Å². The molecule has 1 aliphatic heterocycles. The van der Waals surface area contributed by atoms with Crippen LogP contribution in [0.3, 0.4) is 0 Å². The molecular weight excluding hydrogens is 164 g/mol. The molecule has 1 aliphatic rings. The maximum atomic E-state index is 5.53. The van der Waals surface area contributed by atoms with Gasteiger partial charge in [-0.15, -0.1) is 0 Å². The van der Waals surface area contributed by atoms with Crippen molar-refractivity contribution in [2.45, 2.75) is 13.1 Å². The molecule has 13 heavy (non-hydrogen) atoms. The summed E-state index contributed by atoms with van der Waals surface area (Å²) >= 11 is 0. The molecule has 0 bridgehead atoms. The predicted molar refractivity (Wildman–Crippen MR) is 51.5 cm³/mol.